The van der Waals surface area contributed by atoms with Gasteiger partial charge in [-0.1, -0.05) is 24.3 Å². The lowest BCUT2D eigenvalue weighted by atomic mass is 10.1. The highest BCUT2D eigenvalue weighted by molar-refractivity contribution is 7.79. The number of fused-ring (bicyclic) bond motifs is 3. The van der Waals surface area contributed by atoms with Crippen molar-refractivity contribution < 1.29 is 8.78 Å². The van der Waals surface area contributed by atoms with Gasteiger partial charge in [-0.15, -0.1) is 11.3 Å². The maximum absolute atomic E-state index is 14.2. The molecule has 0 N–H and O–H groups in total. The number of hydrogen-bond donors (Lipinski definition) is 1. The molecular weight excluding hydrogens is 270 g/mol. The van der Waals surface area contributed by atoms with Crippen LogP contribution in [-0.2, 0) is 5.75 Å². The van der Waals surface area contributed by atoms with Crippen LogP contribution < -0.4 is 0 Å². The highest BCUT2D eigenvalue weighted by Crippen LogP contribution is 2.38. The molecule has 3 aromatic rings. The molecule has 0 bridgehead atoms. The minimum absolute atomic E-state index is 0.250. The summed E-state index contributed by atoms with van der Waals surface area (Å²) in [6.07, 6.45) is 0. The number of aryl methyl sites for hydroxylation is 1. The fourth-order valence-electron chi connectivity index (χ4n) is 2.10. The summed E-state index contributed by atoms with van der Waals surface area (Å²) in [6, 6.07) is 7.15. The van der Waals surface area contributed by atoms with Crippen LogP contribution >= 0.6 is 24.0 Å². The van der Waals surface area contributed by atoms with Gasteiger partial charge in [0.1, 0.15) is 11.6 Å². The third-order valence-corrected chi connectivity index (χ3v) is 4.68. The van der Waals surface area contributed by atoms with E-state index in [1.807, 2.05) is 12.1 Å². The average molecular weight is 280 g/mol. The summed E-state index contributed by atoms with van der Waals surface area (Å²) in [7, 11) is 0. The van der Waals surface area contributed by atoms with Gasteiger partial charge in [0.15, 0.2) is 0 Å². The first-order chi connectivity index (χ1) is 8.63. The number of halogens is 2. The fourth-order valence-corrected chi connectivity index (χ4v) is 3.59. The lowest BCUT2D eigenvalue weighted by molar-refractivity contribution is 0.631. The smallest absolute Gasteiger partial charge is 0.145 e. The van der Waals surface area contributed by atoms with Crippen molar-refractivity contribution in [2.24, 2.45) is 0 Å². The van der Waals surface area contributed by atoms with E-state index in [4.69, 9.17) is 0 Å². The van der Waals surface area contributed by atoms with Gasteiger partial charge < -0.3 is 0 Å². The van der Waals surface area contributed by atoms with E-state index in [1.54, 1.807) is 19.1 Å². The predicted octanol–water partition coefficient (Wildman–Crippen LogP) is 5.07. The van der Waals surface area contributed by atoms with Gasteiger partial charge >= 0.3 is 0 Å². The predicted molar refractivity (Wildman–Crippen MR) is 76.7 cm³/mol. The van der Waals surface area contributed by atoms with Crippen LogP contribution in [0, 0.1) is 18.6 Å². The Labute approximate surface area is 113 Å². The zero-order chi connectivity index (χ0) is 12.9. The normalized spacial score (nSPS) is 11.6. The summed E-state index contributed by atoms with van der Waals surface area (Å²) in [5.41, 5.74) is 1.14. The van der Waals surface area contributed by atoms with E-state index in [-0.39, 0.29) is 11.6 Å². The first kappa shape index (κ1) is 11.9. The summed E-state index contributed by atoms with van der Waals surface area (Å²) in [4.78, 5) is 0. The van der Waals surface area contributed by atoms with Crippen molar-refractivity contribution in [1.29, 1.82) is 0 Å². The van der Waals surface area contributed by atoms with E-state index < -0.39 is 0 Å². The maximum atomic E-state index is 14.2. The monoisotopic (exact) mass is 280 g/mol. The van der Waals surface area contributed by atoms with Gasteiger partial charge in [0.2, 0.25) is 0 Å². The largest absolute Gasteiger partial charge is 0.205 e. The molecule has 92 valence electrons. The molecule has 4 heteroatoms. The van der Waals surface area contributed by atoms with Gasteiger partial charge in [0, 0.05) is 16.5 Å². The molecule has 0 aliphatic rings. The molecule has 0 fully saturated rings. The number of rotatable bonds is 1. The summed E-state index contributed by atoms with van der Waals surface area (Å²) in [6.45, 7) is 1.72. The third kappa shape index (κ3) is 1.56. The van der Waals surface area contributed by atoms with E-state index in [2.05, 4.69) is 12.6 Å². The maximum Gasteiger partial charge on any atom is 0.145 e. The SMILES string of the molecule is Cc1ccc2c(sc3c(F)c(CS)ccc32)c1F. The molecule has 3 rings (SSSR count). The topological polar surface area (TPSA) is 0 Å². The van der Waals surface area contributed by atoms with E-state index in [0.29, 0.717) is 26.3 Å². The molecule has 18 heavy (non-hydrogen) atoms. The van der Waals surface area contributed by atoms with Crippen LogP contribution in [0.1, 0.15) is 11.1 Å². The van der Waals surface area contributed by atoms with Gasteiger partial charge in [-0.25, -0.2) is 8.78 Å². The fraction of sp³-hybridized carbons (Fsp3) is 0.143. The standard InChI is InChI=1S/C14H10F2S2/c1-7-2-4-9-10-5-3-8(6-17)12(16)14(10)18-13(9)11(7)15/h2-5,17H,6H2,1H3. The number of thiophene rings is 1. The lowest BCUT2D eigenvalue weighted by Crippen LogP contribution is -1.85. The van der Waals surface area contributed by atoms with Crippen LogP contribution in [0.4, 0.5) is 8.78 Å². The van der Waals surface area contributed by atoms with Gasteiger partial charge in [0.05, 0.1) is 9.40 Å². The van der Waals surface area contributed by atoms with E-state index in [1.165, 1.54) is 11.3 Å². The zero-order valence-electron chi connectivity index (χ0n) is 9.63. The van der Waals surface area contributed by atoms with Gasteiger partial charge in [0.25, 0.3) is 0 Å². The van der Waals surface area contributed by atoms with Crippen molar-refractivity contribution in [3.63, 3.8) is 0 Å². The van der Waals surface area contributed by atoms with Gasteiger partial charge in [-0.3, -0.25) is 0 Å². The Bertz CT molecular complexity index is 759. The number of benzene rings is 2. The number of thiol groups is 1. The second-order valence-corrected chi connectivity index (χ2v) is 5.59. The summed E-state index contributed by atoms with van der Waals surface area (Å²) < 4.78 is 29.2. The van der Waals surface area contributed by atoms with Crippen molar-refractivity contribution in [1.82, 2.24) is 0 Å². The van der Waals surface area contributed by atoms with Crippen molar-refractivity contribution in [2.45, 2.75) is 12.7 Å². The third-order valence-electron chi connectivity index (χ3n) is 3.13. The Morgan fingerprint density at radius 3 is 2.28 bits per heavy atom. The molecule has 0 saturated carbocycles. The lowest BCUT2D eigenvalue weighted by Gasteiger charge is -1.99. The van der Waals surface area contributed by atoms with Crippen LogP contribution in [0.3, 0.4) is 0 Å². The highest BCUT2D eigenvalue weighted by atomic mass is 32.1. The Morgan fingerprint density at radius 2 is 1.61 bits per heavy atom. The van der Waals surface area contributed by atoms with Crippen LogP contribution in [0.15, 0.2) is 24.3 Å². The zero-order valence-corrected chi connectivity index (χ0v) is 11.3. The first-order valence-corrected chi connectivity index (χ1v) is 6.98. The molecule has 0 nitrogen and oxygen atoms in total. The molecule has 0 unspecified atom stereocenters. The van der Waals surface area contributed by atoms with Crippen LogP contribution in [-0.4, -0.2) is 0 Å². The van der Waals surface area contributed by atoms with Gasteiger partial charge in [-0.2, -0.15) is 12.6 Å². The summed E-state index contributed by atoms with van der Waals surface area (Å²) in [5, 5.41) is 1.56. The quantitative estimate of drug-likeness (QED) is 0.591. The van der Waals surface area contributed by atoms with Crippen molar-refractivity contribution >= 4 is 44.1 Å². The van der Waals surface area contributed by atoms with Crippen molar-refractivity contribution in [3.8, 4) is 0 Å². The van der Waals surface area contributed by atoms with Gasteiger partial charge in [-0.05, 0) is 18.1 Å². The molecule has 0 saturated heterocycles. The second kappa shape index (κ2) is 4.21. The van der Waals surface area contributed by atoms with Crippen LogP contribution in [0.5, 0.6) is 0 Å². The number of hydrogen-bond acceptors (Lipinski definition) is 2. The highest BCUT2D eigenvalue weighted by Gasteiger charge is 2.15. The van der Waals surface area contributed by atoms with Crippen molar-refractivity contribution in [3.05, 3.63) is 47.0 Å². The molecule has 1 aromatic heterocycles. The molecule has 0 atom stereocenters. The van der Waals surface area contributed by atoms with Crippen LogP contribution in [0.25, 0.3) is 20.2 Å². The molecule has 0 amide bonds. The minimum atomic E-state index is -0.277. The molecule has 0 aliphatic carbocycles. The first-order valence-electron chi connectivity index (χ1n) is 5.53. The Balaban J connectivity index is 2.50. The molecule has 1 heterocycles. The molecular formula is C14H10F2S2. The summed E-state index contributed by atoms with van der Waals surface area (Å²) in [5.74, 6) is -0.182. The van der Waals surface area contributed by atoms with E-state index in [9.17, 15) is 8.78 Å². The Hall–Kier alpha value is -1.13. The average Bonchev–Trinajstić information content (AvgIpc) is 2.75. The van der Waals surface area contributed by atoms with E-state index >= 15 is 0 Å². The molecule has 0 aliphatic heterocycles. The minimum Gasteiger partial charge on any atom is -0.205 e. The molecule has 2 aromatic carbocycles. The molecule has 0 radical (unpaired) electrons. The second-order valence-electron chi connectivity index (χ2n) is 4.25. The van der Waals surface area contributed by atoms with Crippen molar-refractivity contribution in [2.75, 3.05) is 0 Å². The Kier molecular flexibility index (Phi) is 2.79. The van der Waals surface area contributed by atoms with E-state index in [0.717, 1.165) is 10.8 Å². The van der Waals surface area contributed by atoms with Crippen LogP contribution in [0.2, 0.25) is 0 Å². The summed E-state index contributed by atoms with van der Waals surface area (Å²) >= 11 is 5.27. The Morgan fingerprint density at radius 1 is 1.00 bits per heavy atom. The molecule has 0 spiro atoms.